The zero-order valence-electron chi connectivity index (χ0n) is 21.2. The highest BCUT2D eigenvalue weighted by atomic mass is 32.1. The normalized spacial score (nSPS) is 17.2. The van der Waals surface area contributed by atoms with E-state index in [1.54, 1.807) is 12.1 Å². The predicted octanol–water partition coefficient (Wildman–Crippen LogP) is 6.58. The maximum Gasteiger partial charge on any atom is 0.301 e. The van der Waals surface area contributed by atoms with Gasteiger partial charge in [-0.15, -0.1) is 0 Å². The van der Waals surface area contributed by atoms with Crippen LogP contribution in [0, 0.1) is 6.92 Å². The van der Waals surface area contributed by atoms with Crippen LogP contribution in [-0.2, 0) is 16.0 Å². The number of ketones is 1. The minimum atomic E-state index is -0.833. The monoisotopic (exact) mass is 512 g/mol. The highest BCUT2D eigenvalue weighted by Crippen LogP contribution is 2.44. The van der Waals surface area contributed by atoms with Crippen LogP contribution in [0.2, 0.25) is 0 Å². The summed E-state index contributed by atoms with van der Waals surface area (Å²) < 4.78 is 6.72. The van der Waals surface area contributed by atoms with E-state index in [1.165, 1.54) is 21.8 Å². The van der Waals surface area contributed by atoms with Crippen LogP contribution in [0.3, 0.4) is 0 Å². The Morgan fingerprint density at radius 3 is 2.41 bits per heavy atom. The average molecular weight is 513 g/mol. The molecule has 0 radical (unpaired) electrons. The third-order valence-electron chi connectivity index (χ3n) is 6.39. The summed E-state index contributed by atoms with van der Waals surface area (Å²) in [7, 11) is 0. The zero-order valence-corrected chi connectivity index (χ0v) is 22.0. The fourth-order valence-electron chi connectivity index (χ4n) is 4.49. The number of benzene rings is 3. The van der Waals surface area contributed by atoms with Gasteiger partial charge in [0.15, 0.2) is 5.13 Å². The maximum atomic E-state index is 13.5. The summed E-state index contributed by atoms with van der Waals surface area (Å²) in [5.41, 5.74) is 4.15. The second kappa shape index (κ2) is 9.82. The summed E-state index contributed by atoms with van der Waals surface area (Å²) in [5, 5.41) is 11.7. The largest absolute Gasteiger partial charge is 0.507 e. The summed E-state index contributed by atoms with van der Waals surface area (Å²) in [5.74, 6) is -0.973. The van der Waals surface area contributed by atoms with Crippen molar-refractivity contribution in [3.8, 4) is 5.75 Å². The Morgan fingerprint density at radius 2 is 1.76 bits per heavy atom. The van der Waals surface area contributed by atoms with E-state index < -0.39 is 17.7 Å². The molecule has 1 amide bonds. The number of aliphatic hydroxyl groups excluding tert-OH is 1. The van der Waals surface area contributed by atoms with Crippen molar-refractivity contribution in [3.05, 3.63) is 94.6 Å². The molecule has 1 aromatic heterocycles. The molecule has 2 heterocycles. The van der Waals surface area contributed by atoms with Crippen molar-refractivity contribution in [2.45, 2.75) is 46.3 Å². The SMILES string of the molecule is CCc1ccc2nc(N3C(=O)C(=O)/C(=C(/O)c4ccc(C)cc4)[C@@H]3c3ccc(OC(C)C)cc3)sc2c1. The molecule has 1 aliphatic heterocycles. The molecule has 188 valence electrons. The molecule has 1 N–H and O–H groups in total. The topological polar surface area (TPSA) is 79.7 Å². The minimum absolute atomic E-state index is 0.00813. The lowest BCUT2D eigenvalue weighted by molar-refractivity contribution is -0.132. The molecule has 0 spiro atoms. The van der Waals surface area contributed by atoms with Crippen LogP contribution in [0.1, 0.15) is 49.1 Å². The Balaban J connectivity index is 1.68. The van der Waals surface area contributed by atoms with Crippen LogP contribution in [-0.4, -0.2) is 27.9 Å². The van der Waals surface area contributed by atoms with Crippen molar-refractivity contribution in [2.24, 2.45) is 0 Å². The first-order valence-electron chi connectivity index (χ1n) is 12.3. The average Bonchev–Trinajstić information content (AvgIpc) is 3.41. The molecule has 0 saturated carbocycles. The number of aromatic nitrogens is 1. The molecule has 37 heavy (non-hydrogen) atoms. The fraction of sp³-hybridized carbons (Fsp3) is 0.233. The number of fused-ring (bicyclic) bond motifs is 1. The van der Waals surface area contributed by atoms with E-state index in [0.29, 0.717) is 22.0 Å². The number of thiazole rings is 1. The van der Waals surface area contributed by atoms with Crippen LogP contribution in [0.15, 0.2) is 72.3 Å². The molecule has 3 aromatic carbocycles. The summed E-state index contributed by atoms with van der Waals surface area (Å²) >= 11 is 1.36. The number of ether oxygens (including phenoxy) is 1. The van der Waals surface area contributed by atoms with Crippen LogP contribution in [0.25, 0.3) is 16.0 Å². The smallest absolute Gasteiger partial charge is 0.301 e. The Morgan fingerprint density at radius 1 is 1.05 bits per heavy atom. The van der Waals surface area contributed by atoms with E-state index in [0.717, 1.165) is 22.2 Å². The number of hydrogen-bond acceptors (Lipinski definition) is 6. The van der Waals surface area contributed by atoms with Gasteiger partial charge in [0.2, 0.25) is 0 Å². The van der Waals surface area contributed by atoms with Gasteiger partial charge in [-0.3, -0.25) is 14.5 Å². The first kappa shape index (κ1) is 24.7. The van der Waals surface area contributed by atoms with Gasteiger partial charge in [-0.2, -0.15) is 0 Å². The Hall–Kier alpha value is -3.97. The standard InChI is InChI=1S/C30H28N2O4S/c1-5-19-8-15-23-24(16-19)37-30(31-23)32-26(20-11-13-22(14-12-20)36-17(2)3)25(28(34)29(32)35)27(33)21-9-6-18(4)7-10-21/h6-17,26,33H,5H2,1-4H3/b27-25+/t26-/m0/s1. The van der Waals surface area contributed by atoms with Gasteiger partial charge < -0.3 is 9.84 Å². The molecule has 5 rings (SSSR count). The van der Waals surface area contributed by atoms with E-state index in [2.05, 4.69) is 13.0 Å². The Bertz CT molecular complexity index is 1520. The van der Waals surface area contributed by atoms with Gasteiger partial charge in [-0.1, -0.05) is 66.3 Å². The number of amides is 1. The molecule has 1 fully saturated rings. The molecule has 6 nitrogen and oxygen atoms in total. The molecule has 1 saturated heterocycles. The maximum absolute atomic E-state index is 13.5. The van der Waals surface area contributed by atoms with Crippen LogP contribution in [0.5, 0.6) is 5.75 Å². The predicted molar refractivity (Wildman–Crippen MR) is 147 cm³/mol. The van der Waals surface area contributed by atoms with Crippen molar-refractivity contribution in [1.29, 1.82) is 0 Å². The van der Waals surface area contributed by atoms with Crippen LogP contribution < -0.4 is 9.64 Å². The van der Waals surface area contributed by atoms with Gasteiger partial charge in [-0.25, -0.2) is 4.98 Å². The van der Waals surface area contributed by atoms with E-state index in [1.807, 2.05) is 69.3 Å². The summed E-state index contributed by atoms with van der Waals surface area (Å²) in [4.78, 5) is 33.0. The van der Waals surface area contributed by atoms with Crippen molar-refractivity contribution in [2.75, 3.05) is 4.90 Å². The number of aliphatic hydroxyl groups is 1. The molecular weight excluding hydrogens is 484 g/mol. The number of Topliss-reactive ketones (excluding diaryl/α,β-unsaturated/α-hetero) is 1. The quantitative estimate of drug-likeness (QED) is 0.179. The van der Waals surface area contributed by atoms with E-state index in [9.17, 15) is 14.7 Å². The molecule has 4 aromatic rings. The molecule has 1 atom stereocenters. The lowest BCUT2D eigenvalue weighted by Crippen LogP contribution is -2.29. The number of hydrogen-bond donors (Lipinski definition) is 1. The van der Waals surface area contributed by atoms with Crippen LogP contribution >= 0.6 is 11.3 Å². The third-order valence-corrected chi connectivity index (χ3v) is 7.41. The van der Waals surface area contributed by atoms with Gasteiger partial charge in [0, 0.05) is 5.56 Å². The summed E-state index contributed by atoms with van der Waals surface area (Å²) in [6.45, 7) is 7.92. The zero-order chi connectivity index (χ0) is 26.3. The second-order valence-electron chi connectivity index (χ2n) is 9.42. The molecule has 7 heteroatoms. The number of anilines is 1. The van der Waals surface area contributed by atoms with Gasteiger partial charge in [0.25, 0.3) is 5.78 Å². The van der Waals surface area contributed by atoms with Crippen molar-refractivity contribution < 1.29 is 19.4 Å². The Labute approximate surface area is 219 Å². The third kappa shape index (κ3) is 4.62. The number of aryl methyl sites for hydroxylation is 2. The number of rotatable bonds is 6. The van der Waals surface area contributed by atoms with Gasteiger partial charge >= 0.3 is 5.91 Å². The molecule has 1 aliphatic rings. The van der Waals surface area contributed by atoms with Gasteiger partial charge in [-0.05, 0) is 62.6 Å². The van der Waals surface area contributed by atoms with E-state index >= 15 is 0 Å². The highest BCUT2D eigenvalue weighted by molar-refractivity contribution is 7.22. The van der Waals surface area contributed by atoms with E-state index in [-0.39, 0.29) is 17.4 Å². The van der Waals surface area contributed by atoms with Gasteiger partial charge in [0.1, 0.15) is 11.5 Å². The lowest BCUT2D eigenvalue weighted by atomic mass is 9.95. The summed E-state index contributed by atoms with van der Waals surface area (Å²) in [6.07, 6.45) is 0.892. The first-order valence-corrected chi connectivity index (χ1v) is 13.1. The van der Waals surface area contributed by atoms with Crippen molar-refractivity contribution >= 4 is 44.1 Å². The second-order valence-corrected chi connectivity index (χ2v) is 10.4. The number of carbonyl (C=O) groups is 2. The van der Waals surface area contributed by atoms with Gasteiger partial charge in [0.05, 0.1) is 27.9 Å². The minimum Gasteiger partial charge on any atom is -0.507 e. The molecular formula is C30H28N2O4S. The molecule has 0 bridgehead atoms. The Kier molecular flexibility index (Phi) is 6.56. The van der Waals surface area contributed by atoms with Crippen molar-refractivity contribution in [1.82, 2.24) is 4.98 Å². The van der Waals surface area contributed by atoms with Crippen molar-refractivity contribution in [3.63, 3.8) is 0 Å². The van der Waals surface area contributed by atoms with E-state index in [4.69, 9.17) is 9.72 Å². The number of nitrogens with zero attached hydrogens (tertiary/aromatic N) is 2. The first-order chi connectivity index (χ1) is 17.8. The summed E-state index contributed by atoms with van der Waals surface area (Å²) in [6, 6.07) is 19.7. The van der Waals surface area contributed by atoms with Crippen LogP contribution in [0.4, 0.5) is 5.13 Å². The highest BCUT2D eigenvalue weighted by Gasteiger charge is 2.48. The molecule has 0 aliphatic carbocycles. The molecule has 0 unspecified atom stereocenters. The lowest BCUT2D eigenvalue weighted by Gasteiger charge is -2.23. The fourth-order valence-corrected chi connectivity index (χ4v) is 5.55. The number of carbonyl (C=O) groups excluding carboxylic acids is 2.